The highest BCUT2D eigenvalue weighted by atomic mass is 16.5. The zero-order chi connectivity index (χ0) is 26.5. The lowest BCUT2D eigenvalue weighted by atomic mass is 10.2. The molecule has 37 heavy (non-hydrogen) atoms. The molecular formula is C27H32N8O2. The molecule has 10 nitrogen and oxygen atoms in total. The Morgan fingerprint density at radius 3 is 2.68 bits per heavy atom. The maximum atomic E-state index is 12.2. The molecule has 0 atom stereocenters. The number of hydrogen-bond acceptors (Lipinski definition) is 8. The number of methoxy groups -OCH3 is 1. The molecule has 0 radical (unpaired) electrons. The summed E-state index contributed by atoms with van der Waals surface area (Å²) in [5.74, 6) is 1.33. The third kappa shape index (κ3) is 5.70. The number of ether oxygens (including phenoxy) is 1. The van der Waals surface area contributed by atoms with Crippen LogP contribution in [0.1, 0.15) is 5.56 Å². The van der Waals surface area contributed by atoms with E-state index < -0.39 is 0 Å². The monoisotopic (exact) mass is 500 g/mol. The van der Waals surface area contributed by atoms with Gasteiger partial charge >= 0.3 is 0 Å². The molecule has 3 heterocycles. The molecule has 3 aromatic heterocycles. The number of benzene rings is 1. The van der Waals surface area contributed by atoms with Crippen molar-refractivity contribution in [3.8, 4) is 11.6 Å². The van der Waals surface area contributed by atoms with Gasteiger partial charge in [-0.05, 0) is 56.9 Å². The summed E-state index contributed by atoms with van der Waals surface area (Å²) in [5, 5.41) is 7.22. The number of amides is 1. The molecular weight excluding hydrogens is 468 g/mol. The van der Waals surface area contributed by atoms with E-state index in [0.29, 0.717) is 28.9 Å². The van der Waals surface area contributed by atoms with Gasteiger partial charge in [-0.2, -0.15) is 4.98 Å². The normalized spacial score (nSPS) is 11.0. The van der Waals surface area contributed by atoms with Gasteiger partial charge in [0.25, 0.3) is 0 Å². The number of aromatic nitrogens is 4. The Morgan fingerprint density at radius 2 is 1.95 bits per heavy atom. The Bertz CT molecular complexity index is 1430. The summed E-state index contributed by atoms with van der Waals surface area (Å²) in [4.78, 5) is 30.0. The lowest BCUT2D eigenvalue weighted by Gasteiger charge is -2.26. The molecule has 0 unspecified atom stereocenters. The van der Waals surface area contributed by atoms with E-state index in [9.17, 15) is 4.79 Å². The van der Waals surface area contributed by atoms with Crippen molar-refractivity contribution in [3.05, 3.63) is 67.1 Å². The summed E-state index contributed by atoms with van der Waals surface area (Å²) in [6.07, 6.45) is 6.70. The Kier molecular flexibility index (Phi) is 7.69. The first-order valence-electron chi connectivity index (χ1n) is 11.8. The van der Waals surface area contributed by atoms with Crippen molar-refractivity contribution < 1.29 is 9.53 Å². The number of pyridine rings is 1. The Morgan fingerprint density at radius 1 is 1.14 bits per heavy atom. The van der Waals surface area contributed by atoms with Gasteiger partial charge in [0.05, 0.1) is 24.2 Å². The SMILES string of the molecule is C=CC(=O)Nc1cc(Nc2nccc(-n3cc(C)c4cccnc43)n2)c(OC)cc1N(C)CCN(C)C. The number of likely N-dealkylation sites (N-methyl/N-ethyl adjacent to an activating group) is 2. The zero-order valence-electron chi connectivity index (χ0n) is 21.8. The van der Waals surface area contributed by atoms with E-state index in [2.05, 4.69) is 37.0 Å². The van der Waals surface area contributed by atoms with Crippen LogP contribution in [0.2, 0.25) is 0 Å². The van der Waals surface area contributed by atoms with Crippen molar-refractivity contribution in [1.29, 1.82) is 0 Å². The van der Waals surface area contributed by atoms with Gasteiger partial charge in [-0.25, -0.2) is 9.97 Å². The summed E-state index contributed by atoms with van der Waals surface area (Å²) < 4.78 is 7.63. The van der Waals surface area contributed by atoms with Crippen LogP contribution in [0.5, 0.6) is 5.75 Å². The Balaban J connectivity index is 1.71. The first kappa shape index (κ1) is 25.6. The molecule has 0 aliphatic carbocycles. The Hall–Kier alpha value is -4.44. The van der Waals surface area contributed by atoms with Crippen LogP contribution in [-0.4, -0.2) is 71.7 Å². The number of hydrogen-bond donors (Lipinski definition) is 2. The van der Waals surface area contributed by atoms with E-state index in [1.54, 1.807) is 19.5 Å². The third-order valence-electron chi connectivity index (χ3n) is 5.95. The Labute approximate surface area is 216 Å². The lowest BCUT2D eigenvalue weighted by molar-refractivity contribution is -0.111. The second-order valence-electron chi connectivity index (χ2n) is 8.91. The van der Waals surface area contributed by atoms with E-state index in [0.717, 1.165) is 35.4 Å². The van der Waals surface area contributed by atoms with Gasteiger partial charge in [-0.15, -0.1) is 0 Å². The standard InChI is InChI=1S/C27H32N8O2/c1-7-25(36)30-20-15-21(23(37-6)16-22(20)34(5)14-13-33(3)4)31-27-29-12-10-24(32-27)35-17-18(2)19-9-8-11-28-26(19)35/h7-12,15-17H,1,13-14H2,2-6H3,(H,30,36)(H,29,31,32). The predicted octanol–water partition coefficient (Wildman–Crippen LogP) is 4.00. The molecule has 0 fully saturated rings. The van der Waals surface area contributed by atoms with Crippen LogP contribution in [-0.2, 0) is 4.79 Å². The highest BCUT2D eigenvalue weighted by Crippen LogP contribution is 2.38. The zero-order valence-corrected chi connectivity index (χ0v) is 21.8. The largest absolute Gasteiger partial charge is 0.494 e. The topological polar surface area (TPSA) is 100 Å². The molecule has 0 bridgehead atoms. The molecule has 192 valence electrons. The van der Waals surface area contributed by atoms with Crippen molar-refractivity contribution in [2.75, 3.05) is 56.9 Å². The summed E-state index contributed by atoms with van der Waals surface area (Å²) in [6, 6.07) is 9.48. The smallest absolute Gasteiger partial charge is 0.247 e. The average Bonchev–Trinajstić information content (AvgIpc) is 3.24. The van der Waals surface area contributed by atoms with Crippen LogP contribution in [0.4, 0.5) is 23.0 Å². The molecule has 0 saturated heterocycles. The molecule has 0 aliphatic rings. The number of nitrogens with zero attached hydrogens (tertiary/aromatic N) is 6. The number of carbonyl (C=O) groups is 1. The highest BCUT2D eigenvalue weighted by Gasteiger charge is 2.17. The van der Waals surface area contributed by atoms with Gasteiger partial charge in [-0.1, -0.05) is 6.58 Å². The lowest BCUT2D eigenvalue weighted by Crippen LogP contribution is -2.29. The van der Waals surface area contributed by atoms with Crippen LogP contribution < -0.4 is 20.3 Å². The molecule has 0 spiro atoms. The van der Waals surface area contributed by atoms with E-state index in [4.69, 9.17) is 9.72 Å². The van der Waals surface area contributed by atoms with Crippen LogP contribution >= 0.6 is 0 Å². The van der Waals surface area contributed by atoms with E-state index in [1.807, 2.05) is 69.2 Å². The number of anilines is 4. The number of aryl methyl sites for hydroxylation is 1. The number of rotatable bonds is 10. The van der Waals surface area contributed by atoms with Crippen LogP contribution in [0.3, 0.4) is 0 Å². The first-order valence-corrected chi connectivity index (χ1v) is 11.8. The van der Waals surface area contributed by atoms with Gasteiger partial charge in [0.1, 0.15) is 17.2 Å². The van der Waals surface area contributed by atoms with Crippen molar-refractivity contribution in [1.82, 2.24) is 24.4 Å². The summed E-state index contributed by atoms with van der Waals surface area (Å²) in [5.41, 5.74) is 3.96. The second kappa shape index (κ2) is 11.1. The number of carbonyl (C=O) groups excluding carboxylic acids is 1. The molecule has 4 rings (SSSR count). The fourth-order valence-electron chi connectivity index (χ4n) is 3.97. The van der Waals surface area contributed by atoms with E-state index in [1.165, 1.54) is 6.08 Å². The van der Waals surface area contributed by atoms with Gasteiger partial charge < -0.3 is 25.2 Å². The first-order chi connectivity index (χ1) is 17.8. The van der Waals surface area contributed by atoms with Gasteiger partial charge in [0.15, 0.2) is 0 Å². The van der Waals surface area contributed by atoms with E-state index in [-0.39, 0.29) is 5.91 Å². The van der Waals surface area contributed by atoms with Crippen molar-refractivity contribution in [3.63, 3.8) is 0 Å². The molecule has 0 saturated carbocycles. The van der Waals surface area contributed by atoms with Crippen LogP contribution in [0, 0.1) is 6.92 Å². The fourth-order valence-corrected chi connectivity index (χ4v) is 3.97. The van der Waals surface area contributed by atoms with Crippen LogP contribution in [0.15, 0.2) is 61.6 Å². The highest BCUT2D eigenvalue weighted by molar-refractivity contribution is 6.02. The van der Waals surface area contributed by atoms with Crippen molar-refractivity contribution in [2.45, 2.75) is 6.92 Å². The number of nitrogens with one attached hydrogen (secondary N) is 2. The molecule has 2 N–H and O–H groups in total. The maximum Gasteiger partial charge on any atom is 0.247 e. The number of fused-ring (bicyclic) bond motifs is 1. The van der Waals surface area contributed by atoms with Crippen molar-refractivity contribution >= 4 is 40.0 Å². The summed E-state index contributed by atoms with van der Waals surface area (Å²) >= 11 is 0. The predicted molar refractivity (Wildman–Crippen MR) is 148 cm³/mol. The second-order valence-corrected chi connectivity index (χ2v) is 8.91. The minimum Gasteiger partial charge on any atom is -0.494 e. The molecule has 1 aromatic carbocycles. The molecule has 0 aliphatic heterocycles. The third-order valence-corrected chi connectivity index (χ3v) is 5.95. The minimum absolute atomic E-state index is 0.307. The summed E-state index contributed by atoms with van der Waals surface area (Å²) in [6.45, 7) is 7.22. The average molecular weight is 501 g/mol. The van der Waals surface area contributed by atoms with Gasteiger partial charge in [0.2, 0.25) is 11.9 Å². The molecule has 4 aromatic rings. The quantitative estimate of drug-likeness (QED) is 0.315. The van der Waals surface area contributed by atoms with Crippen molar-refractivity contribution in [2.24, 2.45) is 0 Å². The summed E-state index contributed by atoms with van der Waals surface area (Å²) in [7, 11) is 7.61. The van der Waals surface area contributed by atoms with Gasteiger partial charge in [0, 0.05) is 50.2 Å². The molecule has 1 amide bonds. The minimum atomic E-state index is -0.307. The fraction of sp³-hybridized carbons (Fsp3) is 0.259. The molecule has 10 heteroatoms. The van der Waals surface area contributed by atoms with E-state index >= 15 is 0 Å². The van der Waals surface area contributed by atoms with Crippen LogP contribution in [0.25, 0.3) is 16.9 Å². The van der Waals surface area contributed by atoms with Gasteiger partial charge in [-0.3, -0.25) is 9.36 Å². The maximum absolute atomic E-state index is 12.2.